The third-order valence-electron chi connectivity index (χ3n) is 8.33. The van der Waals surface area contributed by atoms with Gasteiger partial charge in [-0.3, -0.25) is 14.9 Å². The number of aliphatic hydroxyl groups is 1. The molecule has 0 radical (unpaired) electrons. The summed E-state index contributed by atoms with van der Waals surface area (Å²) in [5, 5.41) is 27.0. The van der Waals surface area contributed by atoms with E-state index in [-0.39, 0.29) is 28.7 Å². The Morgan fingerprint density at radius 2 is 2.11 bits per heavy atom. The Kier molecular flexibility index (Phi) is 6.21. The van der Waals surface area contributed by atoms with Crippen LogP contribution in [0.3, 0.4) is 0 Å². The zero-order valence-electron chi connectivity index (χ0n) is 21.1. The first-order valence-corrected chi connectivity index (χ1v) is 12.8. The molecular weight excluding hydrogens is 458 g/mol. The topological polar surface area (TPSA) is 130 Å². The van der Waals surface area contributed by atoms with Gasteiger partial charge in [0.2, 0.25) is 5.91 Å². The predicted octanol–water partition coefficient (Wildman–Crippen LogP) is 2.67. The Hall–Kier alpha value is -3.09. The van der Waals surface area contributed by atoms with Gasteiger partial charge in [-0.25, -0.2) is 0 Å². The van der Waals surface area contributed by atoms with Crippen molar-refractivity contribution in [3.8, 4) is 11.8 Å². The van der Waals surface area contributed by atoms with Crippen LogP contribution in [0.25, 0.3) is 10.9 Å². The highest BCUT2D eigenvalue weighted by Crippen LogP contribution is 2.50. The fourth-order valence-electron chi connectivity index (χ4n) is 6.39. The van der Waals surface area contributed by atoms with Crippen molar-refractivity contribution in [1.29, 1.82) is 5.26 Å². The van der Waals surface area contributed by atoms with Crippen LogP contribution >= 0.6 is 0 Å². The van der Waals surface area contributed by atoms with E-state index in [0.717, 1.165) is 30.2 Å². The molecule has 9 nitrogen and oxygen atoms in total. The lowest BCUT2D eigenvalue weighted by Crippen LogP contribution is -2.49. The van der Waals surface area contributed by atoms with Crippen molar-refractivity contribution in [2.75, 3.05) is 13.7 Å². The lowest BCUT2D eigenvalue weighted by atomic mass is 9.67. The molecule has 36 heavy (non-hydrogen) atoms. The van der Waals surface area contributed by atoms with Crippen LogP contribution in [0.15, 0.2) is 24.3 Å². The van der Waals surface area contributed by atoms with Gasteiger partial charge in [-0.2, -0.15) is 5.26 Å². The predicted molar refractivity (Wildman–Crippen MR) is 134 cm³/mol. The average Bonchev–Trinajstić information content (AvgIpc) is 3.50. The minimum absolute atomic E-state index is 0.0287. The van der Waals surface area contributed by atoms with Crippen LogP contribution in [-0.4, -0.2) is 64.3 Å². The molecule has 3 fully saturated rings. The van der Waals surface area contributed by atoms with Gasteiger partial charge in [-0.05, 0) is 69.6 Å². The summed E-state index contributed by atoms with van der Waals surface area (Å²) in [6.07, 6.45) is 4.05. The highest BCUT2D eigenvalue weighted by atomic mass is 16.5. The SMILES string of the molecule is COc1cccc2[nH]c(C(=O)N3CC4(CCC4)CC3C(=O)N[C@H](C#N)C[C@@H]3CC(C)(C)NC3O)cc12. The first-order chi connectivity index (χ1) is 17.1. The average molecular weight is 494 g/mol. The first kappa shape index (κ1) is 24.6. The second kappa shape index (κ2) is 9.09. The van der Waals surface area contributed by atoms with E-state index in [1.54, 1.807) is 18.1 Å². The van der Waals surface area contributed by atoms with Gasteiger partial charge >= 0.3 is 0 Å². The number of carbonyl (C=O) groups excluding carboxylic acids is 2. The maximum absolute atomic E-state index is 13.7. The van der Waals surface area contributed by atoms with E-state index < -0.39 is 18.3 Å². The van der Waals surface area contributed by atoms with E-state index in [2.05, 4.69) is 21.7 Å². The molecule has 4 N–H and O–H groups in total. The van der Waals surface area contributed by atoms with Gasteiger partial charge in [0.15, 0.2) is 0 Å². The summed E-state index contributed by atoms with van der Waals surface area (Å²) in [4.78, 5) is 32.0. The number of H-pyrrole nitrogens is 1. The first-order valence-electron chi connectivity index (χ1n) is 12.8. The van der Waals surface area contributed by atoms with E-state index in [0.29, 0.717) is 37.3 Å². The summed E-state index contributed by atoms with van der Waals surface area (Å²) in [6.45, 7) is 4.55. The molecule has 5 rings (SSSR count). The van der Waals surface area contributed by atoms with Crippen molar-refractivity contribution in [1.82, 2.24) is 20.5 Å². The van der Waals surface area contributed by atoms with Gasteiger partial charge in [0, 0.05) is 28.9 Å². The third kappa shape index (κ3) is 4.44. The third-order valence-corrected chi connectivity index (χ3v) is 8.33. The van der Waals surface area contributed by atoms with Crippen LogP contribution in [0.2, 0.25) is 0 Å². The van der Waals surface area contributed by atoms with Crippen molar-refractivity contribution in [3.63, 3.8) is 0 Å². The van der Waals surface area contributed by atoms with Crippen LogP contribution in [0.4, 0.5) is 0 Å². The van der Waals surface area contributed by atoms with Crippen molar-refractivity contribution in [3.05, 3.63) is 30.0 Å². The van der Waals surface area contributed by atoms with Gasteiger partial charge in [0.25, 0.3) is 5.91 Å². The van der Waals surface area contributed by atoms with Gasteiger partial charge in [-0.1, -0.05) is 12.5 Å². The highest BCUT2D eigenvalue weighted by molar-refractivity contribution is 6.01. The number of nitrogens with one attached hydrogen (secondary N) is 3. The van der Waals surface area contributed by atoms with Crippen LogP contribution in [0, 0.1) is 22.7 Å². The second-order valence-electron chi connectivity index (χ2n) is 11.5. The molecule has 1 spiro atoms. The van der Waals surface area contributed by atoms with E-state index in [1.165, 1.54) is 0 Å². The number of likely N-dealkylation sites (tertiary alicyclic amines) is 1. The Morgan fingerprint density at radius 3 is 2.72 bits per heavy atom. The van der Waals surface area contributed by atoms with Crippen molar-refractivity contribution in [2.45, 2.75) is 76.2 Å². The van der Waals surface area contributed by atoms with Gasteiger partial charge in [-0.15, -0.1) is 0 Å². The lowest BCUT2D eigenvalue weighted by Gasteiger charge is -2.37. The largest absolute Gasteiger partial charge is 0.496 e. The molecule has 4 atom stereocenters. The molecule has 2 saturated heterocycles. The van der Waals surface area contributed by atoms with Crippen LogP contribution in [-0.2, 0) is 4.79 Å². The van der Waals surface area contributed by atoms with Crippen LogP contribution < -0.4 is 15.4 Å². The van der Waals surface area contributed by atoms with Gasteiger partial charge in [0.05, 0.1) is 13.2 Å². The smallest absolute Gasteiger partial charge is 0.271 e. The van der Waals surface area contributed by atoms with Crippen molar-refractivity contribution >= 4 is 22.7 Å². The molecule has 2 aromatic rings. The number of hydrogen-bond donors (Lipinski definition) is 4. The normalized spacial score (nSPS) is 27.0. The number of carbonyl (C=O) groups is 2. The van der Waals surface area contributed by atoms with Gasteiger partial charge in [0.1, 0.15) is 29.8 Å². The quantitative estimate of drug-likeness (QED) is 0.489. The molecule has 9 heteroatoms. The minimum Gasteiger partial charge on any atom is -0.496 e. The van der Waals surface area contributed by atoms with Gasteiger partial charge < -0.3 is 25.0 Å². The van der Waals surface area contributed by atoms with Crippen molar-refractivity contribution < 1.29 is 19.4 Å². The number of benzene rings is 1. The summed E-state index contributed by atoms with van der Waals surface area (Å²) in [6, 6.07) is 8.20. The molecule has 1 aromatic heterocycles. The number of amides is 2. The molecule has 192 valence electrons. The summed E-state index contributed by atoms with van der Waals surface area (Å²) < 4.78 is 5.43. The van der Waals surface area contributed by atoms with E-state index >= 15 is 0 Å². The maximum atomic E-state index is 13.7. The Balaban J connectivity index is 1.34. The molecule has 2 unspecified atom stereocenters. The number of fused-ring (bicyclic) bond motifs is 1. The molecule has 1 aromatic carbocycles. The maximum Gasteiger partial charge on any atom is 0.271 e. The number of aliphatic hydroxyl groups excluding tert-OH is 1. The number of aromatic amines is 1. The lowest BCUT2D eigenvalue weighted by molar-refractivity contribution is -0.125. The van der Waals surface area contributed by atoms with E-state index in [1.807, 2.05) is 32.0 Å². The summed E-state index contributed by atoms with van der Waals surface area (Å²) in [5.74, 6) is 0.0260. The highest BCUT2D eigenvalue weighted by Gasteiger charge is 2.52. The molecule has 2 amide bonds. The molecule has 0 bridgehead atoms. The Morgan fingerprint density at radius 1 is 1.33 bits per heavy atom. The summed E-state index contributed by atoms with van der Waals surface area (Å²) in [7, 11) is 1.59. The molecule has 3 heterocycles. The molecule has 1 saturated carbocycles. The number of nitrogens with zero attached hydrogens (tertiary/aromatic N) is 2. The monoisotopic (exact) mass is 493 g/mol. The number of hydrogen-bond acceptors (Lipinski definition) is 6. The fraction of sp³-hybridized carbons (Fsp3) is 0.593. The minimum atomic E-state index is -0.736. The summed E-state index contributed by atoms with van der Waals surface area (Å²) >= 11 is 0. The fourth-order valence-corrected chi connectivity index (χ4v) is 6.39. The molecule has 2 aliphatic heterocycles. The van der Waals surface area contributed by atoms with Crippen molar-refractivity contribution in [2.24, 2.45) is 11.3 Å². The number of ether oxygens (including phenoxy) is 1. The van der Waals surface area contributed by atoms with Crippen LogP contribution in [0.5, 0.6) is 5.75 Å². The Labute approximate surface area is 211 Å². The Bertz CT molecular complexity index is 1210. The standard InChI is InChI=1S/C27H35N5O4/c1-26(2)12-16(23(33)31-26)10-17(14-28)29-24(34)21-13-27(8-5-9-27)15-32(21)25(35)20-11-18-19(30-20)6-4-7-22(18)36-3/h4,6-7,11,16-17,21,23,30-31,33H,5,8-10,12-13,15H2,1-3H3,(H,29,34)/t16-,17+,21?,23?/m1/s1. The van der Waals surface area contributed by atoms with E-state index in [4.69, 9.17) is 4.74 Å². The summed E-state index contributed by atoms with van der Waals surface area (Å²) in [5.41, 5.74) is 0.969. The zero-order chi connectivity index (χ0) is 25.7. The number of aromatic nitrogens is 1. The molecule has 3 aliphatic rings. The molecular formula is C27H35N5O4. The van der Waals surface area contributed by atoms with E-state index in [9.17, 15) is 20.0 Å². The number of nitriles is 1. The second-order valence-corrected chi connectivity index (χ2v) is 11.5. The number of rotatable bonds is 6. The number of methoxy groups -OCH3 is 1. The zero-order valence-corrected chi connectivity index (χ0v) is 21.1. The molecule has 1 aliphatic carbocycles. The van der Waals surface area contributed by atoms with Crippen LogP contribution in [0.1, 0.15) is 62.9 Å².